The molecule has 0 bridgehead atoms. The molecule has 0 spiro atoms. The molecule has 1 N–H and O–H groups in total. The Labute approximate surface area is 423 Å². The Morgan fingerprint density at radius 1 is 0.611 bits per heavy atom. The second-order valence-corrected chi connectivity index (χ2v) is 19.7. The third-order valence-corrected chi connectivity index (χ3v) is 15.4. The van der Waals surface area contributed by atoms with Crippen LogP contribution in [0.4, 0.5) is 17.1 Å². The van der Waals surface area contributed by atoms with Crippen LogP contribution in [0.2, 0.25) is 0 Å². The Morgan fingerprint density at radius 3 is 1.76 bits per heavy atom. The molecule has 1 aliphatic carbocycles. The molecule has 2 heterocycles. The number of carbonyl (C=O) groups is 1. The van der Waals surface area contributed by atoms with E-state index in [1.54, 1.807) is 6.07 Å². The first-order valence-corrected chi connectivity index (χ1v) is 24.9. The van der Waals surface area contributed by atoms with E-state index >= 15 is 0 Å². The smallest absolute Gasteiger partial charge is 0.346 e. The lowest BCUT2D eigenvalue weighted by Gasteiger charge is -2.40. The van der Waals surface area contributed by atoms with Crippen molar-refractivity contribution in [3.63, 3.8) is 0 Å². The minimum atomic E-state index is -1.24. The van der Waals surface area contributed by atoms with Crippen LogP contribution in [-0.2, 0) is 15.8 Å². The van der Waals surface area contributed by atoms with Crippen molar-refractivity contribution >= 4 is 57.3 Å². The highest BCUT2D eigenvalue weighted by Gasteiger charge is 2.51. The SMILES string of the molecule is Cc1ccc(C2(c3ccc(C)cc3)c3cc(N(c4ccccc4)c4ccccc4)ccc3-c3c2c2c(c4ccccc34)OC(c3ccccc3)(c3ccc(-c4ccc(/C=C(\C#N)C(=O)O)s4)cc3)C=C2)cc1. The molecule has 10 aromatic rings. The zero-order valence-corrected chi connectivity index (χ0v) is 40.4. The summed E-state index contributed by atoms with van der Waals surface area (Å²) < 4.78 is 7.85. The van der Waals surface area contributed by atoms with Gasteiger partial charge in [0.15, 0.2) is 5.60 Å². The van der Waals surface area contributed by atoms with Gasteiger partial charge in [-0.3, -0.25) is 0 Å². The van der Waals surface area contributed by atoms with Gasteiger partial charge in [0.2, 0.25) is 0 Å². The number of rotatable bonds is 10. The fourth-order valence-electron chi connectivity index (χ4n) is 11.0. The normalized spacial score (nSPS) is 15.2. The number of nitriles is 1. The number of para-hydroxylation sites is 2. The quantitative estimate of drug-likeness (QED) is 0.109. The molecular formula is C66H46N2O3S. The van der Waals surface area contributed by atoms with Crippen LogP contribution in [0.25, 0.3) is 44.5 Å². The number of aliphatic carboxylic acids is 1. The van der Waals surface area contributed by atoms with Gasteiger partial charge in [-0.15, -0.1) is 11.3 Å². The first-order chi connectivity index (χ1) is 35.3. The van der Waals surface area contributed by atoms with Crippen LogP contribution in [0.3, 0.4) is 0 Å². The number of hydrogen-bond donors (Lipinski definition) is 1. The van der Waals surface area contributed by atoms with Crippen LogP contribution in [0.15, 0.2) is 230 Å². The third kappa shape index (κ3) is 7.17. The van der Waals surface area contributed by atoms with E-state index in [0.29, 0.717) is 4.88 Å². The number of hydrogen-bond acceptors (Lipinski definition) is 5. The summed E-state index contributed by atoms with van der Waals surface area (Å²) in [6.07, 6.45) is 5.98. The molecule has 6 heteroatoms. The Balaban J connectivity index is 1.11. The van der Waals surface area contributed by atoms with E-state index < -0.39 is 17.0 Å². The number of ether oxygens (including phenoxy) is 1. The van der Waals surface area contributed by atoms with Gasteiger partial charge in [-0.1, -0.05) is 187 Å². The fourth-order valence-corrected chi connectivity index (χ4v) is 11.9. The van der Waals surface area contributed by atoms with E-state index in [1.165, 1.54) is 61.9 Å². The average Bonchev–Trinajstić information content (AvgIpc) is 4.04. The fraction of sp³-hybridized carbons (Fsp3) is 0.0606. The molecule has 0 saturated carbocycles. The number of fused-ring (bicyclic) bond motifs is 8. The summed E-state index contributed by atoms with van der Waals surface area (Å²) in [5, 5.41) is 21.0. The van der Waals surface area contributed by atoms with Crippen molar-refractivity contribution in [2.24, 2.45) is 0 Å². The maximum absolute atomic E-state index is 11.6. The third-order valence-electron chi connectivity index (χ3n) is 14.3. The predicted octanol–water partition coefficient (Wildman–Crippen LogP) is 16.4. The van der Waals surface area contributed by atoms with Crippen molar-refractivity contribution < 1.29 is 14.6 Å². The van der Waals surface area contributed by atoms with Gasteiger partial charge in [0.05, 0.1) is 5.41 Å². The highest BCUT2D eigenvalue weighted by Crippen LogP contribution is 2.63. The van der Waals surface area contributed by atoms with Gasteiger partial charge in [-0.05, 0) is 119 Å². The Hall–Kier alpha value is -9.02. The first kappa shape index (κ1) is 44.2. The zero-order valence-electron chi connectivity index (χ0n) is 39.6. The molecule has 1 unspecified atom stereocenters. The van der Waals surface area contributed by atoms with Crippen LogP contribution in [-0.4, -0.2) is 11.1 Å². The van der Waals surface area contributed by atoms with Crippen LogP contribution >= 0.6 is 11.3 Å². The molecule has 5 nitrogen and oxygen atoms in total. The van der Waals surface area contributed by atoms with Crippen molar-refractivity contribution in [2.45, 2.75) is 24.9 Å². The van der Waals surface area contributed by atoms with E-state index in [2.05, 4.69) is 231 Å². The minimum absolute atomic E-state index is 0.301. The van der Waals surface area contributed by atoms with Crippen molar-refractivity contribution in [2.75, 3.05) is 4.90 Å². The molecule has 9 aromatic carbocycles. The lowest BCUT2D eigenvalue weighted by molar-refractivity contribution is -0.132. The van der Waals surface area contributed by atoms with Crippen molar-refractivity contribution in [1.29, 1.82) is 5.26 Å². The van der Waals surface area contributed by atoms with Gasteiger partial charge in [0, 0.05) is 48.9 Å². The number of benzene rings is 9. The molecule has 12 rings (SSSR count). The number of anilines is 3. The van der Waals surface area contributed by atoms with Crippen LogP contribution in [0, 0.1) is 25.2 Å². The molecule has 0 fully saturated rings. The number of carboxylic acids is 1. The van der Waals surface area contributed by atoms with Crippen molar-refractivity contribution in [1.82, 2.24) is 0 Å². The van der Waals surface area contributed by atoms with Crippen LogP contribution in [0.1, 0.15) is 54.9 Å². The molecule has 0 amide bonds. The topological polar surface area (TPSA) is 73.6 Å². The second-order valence-electron chi connectivity index (χ2n) is 18.5. The number of nitrogens with zero attached hydrogens (tertiary/aromatic N) is 2. The van der Waals surface area contributed by atoms with E-state index in [-0.39, 0.29) is 5.57 Å². The van der Waals surface area contributed by atoms with E-state index in [4.69, 9.17) is 4.74 Å². The highest BCUT2D eigenvalue weighted by atomic mass is 32.1. The summed E-state index contributed by atoms with van der Waals surface area (Å²) in [5.41, 5.74) is 14.5. The molecule has 2 aliphatic rings. The summed E-state index contributed by atoms with van der Waals surface area (Å²) in [6, 6.07) is 79.7. The zero-order chi connectivity index (χ0) is 49.0. The van der Waals surface area contributed by atoms with Gasteiger partial charge >= 0.3 is 5.97 Å². The average molecular weight is 947 g/mol. The van der Waals surface area contributed by atoms with Gasteiger partial charge in [0.1, 0.15) is 17.4 Å². The summed E-state index contributed by atoms with van der Waals surface area (Å²) >= 11 is 1.44. The predicted molar refractivity (Wildman–Crippen MR) is 293 cm³/mol. The van der Waals surface area contributed by atoms with E-state index in [9.17, 15) is 15.2 Å². The number of carboxylic acid groups (broad SMARTS) is 1. The van der Waals surface area contributed by atoms with E-state index in [0.717, 1.165) is 60.7 Å². The Kier molecular flexibility index (Phi) is 10.9. The lowest BCUT2D eigenvalue weighted by Crippen LogP contribution is -2.36. The highest BCUT2D eigenvalue weighted by molar-refractivity contribution is 7.16. The summed E-state index contributed by atoms with van der Waals surface area (Å²) in [6.45, 7) is 4.30. The monoisotopic (exact) mass is 946 g/mol. The van der Waals surface area contributed by atoms with Gasteiger partial charge < -0.3 is 14.7 Å². The molecule has 0 saturated heterocycles. The first-order valence-electron chi connectivity index (χ1n) is 24.0. The van der Waals surface area contributed by atoms with Crippen LogP contribution in [0.5, 0.6) is 5.75 Å². The standard InChI is InChI=1S/C66H46N2O3S/c1-43-22-28-49(29-23-43)66(50-30-24-44(2)25-31-50)59-41-53(68(51-16-8-4-9-17-51)52-18-10-5-11-19-52)34-36-57(59)61-55-20-12-13-21-56(55)63-58(62(61)66)38-39-65(71-63,47-14-6-3-7-15-47)48-32-26-45(27-33-48)60-37-35-54(72-60)40-46(42-67)64(69)70/h3-41H,1-2H3,(H,69,70)/b46-40+. The van der Waals surface area contributed by atoms with Gasteiger partial charge in [-0.25, -0.2) is 4.79 Å². The number of aryl methyl sites for hydroxylation is 2. The van der Waals surface area contributed by atoms with Crippen LogP contribution < -0.4 is 9.64 Å². The largest absolute Gasteiger partial charge is 0.477 e. The van der Waals surface area contributed by atoms with Crippen molar-refractivity contribution in [3.8, 4) is 33.4 Å². The molecule has 344 valence electrons. The van der Waals surface area contributed by atoms with E-state index in [1.807, 2.05) is 18.2 Å². The lowest BCUT2D eigenvalue weighted by atomic mass is 9.65. The summed E-state index contributed by atoms with van der Waals surface area (Å²) in [5.74, 6) is -0.431. The molecular weight excluding hydrogens is 901 g/mol. The molecule has 72 heavy (non-hydrogen) atoms. The summed E-state index contributed by atoms with van der Waals surface area (Å²) in [7, 11) is 0. The second kappa shape index (κ2) is 17.7. The van der Waals surface area contributed by atoms with Gasteiger partial charge in [0.25, 0.3) is 0 Å². The maximum Gasteiger partial charge on any atom is 0.346 e. The number of thiophene rings is 1. The van der Waals surface area contributed by atoms with Crippen molar-refractivity contribution in [3.05, 3.63) is 285 Å². The molecule has 1 aromatic heterocycles. The molecule has 1 atom stereocenters. The maximum atomic E-state index is 11.6. The van der Waals surface area contributed by atoms with Gasteiger partial charge in [-0.2, -0.15) is 5.26 Å². The molecule has 1 aliphatic heterocycles. The Morgan fingerprint density at radius 2 is 1.17 bits per heavy atom. The minimum Gasteiger partial charge on any atom is -0.477 e. The Bertz CT molecular complexity index is 3730. The summed E-state index contributed by atoms with van der Waals surface area (Å²) in [4.78, 5) is 15.6. The molecule has 0 radical (unpaired) electrons.